The summed E-state index contributed by atoms with van der Waals surface area (Å²) in [4.78, 5) is 20.4. The van der Waals surface area contributed by atoms with Crippen LogP contribution in [0, 0.1) is 11.6 Å². The van der Waals surface area contributed by atoms with E-state index in [1.165, 1.54) is 30.5 Å². The number of aromatic amines is 1. The van der Waals surface area contributed by atoms with Gasteiger partial charge in [-0.2, -0.15) is 18.3 Å². The van der Waals surface area contributed by atoms with Gasteiger partial charge in [-0.05, 0) is 36.8 Å². The number of esters is 1. The van der Waals surface area contributed by atoms with Crippen molar-refractivity contribution in [2.75, 3.05) is 19.8 Å². The molecule has 2 aromatic heterocycles. The number of rotatable bonds is 11. The smallest absolute Gasteiger partial charge is 0.417 e. The van der Waals surface area contributed by atoms with Gasteiger partial charge >= 0.3 is 12.1 Å². The summed E-state index contributed by atoms with van der Waals surface area (Å²) < 4.78 is 86.1. The lowest BCUT2D eigenvalue weighted by atomic mass is 10.0. The summed E-state index contributed by atoms with van der Waals surface area (Å²) in [6.45, 7) is 0.491. The van der Waals surface area contributed by atoms with Gasteiger partial charge in [0.15, 0.2) is 17.4 Å². The SMILES string of the molecule is CCCOc1ccc(-c2cc(C(C(=O)OCC(O)CO)N3Cc4nc(-c5cccc(F)c5F)[nH]c4C=N3)on2)c(C(F)(F)F)c1. The molecule has 5 rings (SSSR count). The van der Waals surface area contributed by atoms with E-state index in [0.29, 0.717) is 12.1 Å². The molecule has 3 N–H and O–H groups in total. The molecule has 0 bridgehead atoms. The number of nitrogens with one attached hydrogen (secondary N) is 1. The van der Waals surface area contributed by atoms with E-state index in [4.69, 9.17) is 19.1 Å². The van der Waals surface area contributed by atoms with Gasteiger partial charge in [0.2, 0.25) is 6.04 Å². The second kappa shape index (κ2) is 13.0. The minimum Gasteiger partial charge on any atom is -0.494 e. The molecule has 11 nitrogen and oxygen atoms in total. The Labute approximate surface area is 251 Å². The molecule has 0 fully saturated rings. The zero-order chi connectivity index (χ0) is 32.3. The van der Waals surface area contributed by atoms with Crippen LogP contribution < -0.4 is 4.74 Å². The van der Waals surface area contributed by atoms with Crippen molar-refractivity contribution in [1.29, 1.82) is 0 Å². The standard InChI is InChI=1S/C29H26F5N5O6/c1-2-8-43-16-6-7-17(19(9-16)29(32,33)34)21-10-24(45-38-21)26(28(42)44-14-15(41)13-40)39-12-23-22(11-35-39)36-27(37-23)18-4-3-5-20(30)25(18)31/h3-7,9-11,15,26,40-41H,2,8,12-14H2,1H3,(H,36,37). The van der Waals surface area contributed by atoms with Gasteiger partial charge in [0.1, 0.15) is 30.0 Å². The lowest BCUT2D eigenvalue weighted by molar-refractivity contribution is -0.155. The molecule has 16 heteroatoms. The van der Waals surface area contributed by atoms with E-state index in [1.807, 2.05) is 6.92 Å². The number of alkyl halides is 3. The molecule has 2 atom stereocenters. The van der Waals surface area contributed by atoms with Crippen LogP contribution in [-0.2, 0) is 22.3 Å². The van der Waals surface area contributed by atoms with Crippen molar-refractivity contribution < 1.29 is 51.0 Å². The molecular weight excluding hydrogens is 609 g/mol. The fourth-order valence-electron chi connectivity index (χ4n) is 4.48. The van der Waals surface area contributed by atoms with Crippen LogP contribution in [0.2, 0.25) is 0 Å². The van der Waals surface area contributed by atoms with Gasteiger partial charge in [-0.1, -0.05) is 18.1 Å². The number of imidazole rings is 1. The quantitative estimate of drug-likeness (QED) is 0.159. The van der Waals surface area contributed by atoms with Crippen LogP contribution in [0.1, 0.15) is 42.1 Å². The Bertz CT molecular complexity index is 1700. The number of halogens is 5. The van der Waals surface area contributed by atoms with Crippen LogP contribution in [0.15, 0.2) is 52.1 Å². The van der Waals surface area contributed by atoms with Gasteiger partial charge in [0.05, 0.1) is 48.5 Å². The third kappa shape index (κ3) is 6.81. The van der Waals surface area contributed by atoms with E-state index >= 15 is 0 Å². The molecule has 4 aromatic rings. The number of hydrogen-bond donors (Lipinski definition) is 3. The molecule has 2 aromatic carbocycles. The summed E-state index contributed by atoms with van der Waals surface area (Å²) in [6.07, 6.45) is -4.35. The molecule has 45 heavy (non-hydrogen) atoms. The highest BCUT2D eigenvalue weighted by atomic mass is 19.4. The second-order valence-corrected chi connectivity index (χ2v) is 9.93. The lowest BCUT2D eigenvalue weighted by Crippen LogP contribution is -2.34. The van der Waals surface area contributed by atoms with E-state index in [2.05, 4.69) is 20.2 Å². The molecule has 2 unspecified atom stereocenters. The number of nitrogens with zero attached hydrogens (tertiary/aromatic N) is 4. The summed E-state index contributed by atoms with van der Waals surface area (Å²) in [5.41, 5.74) is -1.20. The molecule has 1 aliphatic heterocycles. The first-order valence-corrected chi connectivity index (χ1v) is 13.6. The summed E-state index contributed by atoms with van der Waals surface area (Å²) in [5, 5.41) is 27.9. The Hall–Kier alpha value is -4.83. The molecule has 0 spiro atoms. The predicted octanol–water partition coefficient (Wildman–Crippen LogP) is 4.60. The number of ether oxygens (including phenoxy) is 2. The van der Waals surface area contributed by atoms with Crippen molar-refractivity contribution in [2.45, 2.75) is 38.2 Å². The summed E-state index contributed by atoms with van der Waals surface area (Å²) >= 11 is 0. The maximum atomic E-state index is 14.4. The van der Waals surface area contributed by atoms with Gasteiger partial charge in [-0.3, -0.25) is 5.01 Å². The van der Waals surface area contributed by atoms with Crippen molar-refractivity contribution in [3.8, 4) is 28.4 Å². The second-order valence-electron chi connectivity index (χ2n) is 9.93. The van der Waals surface area contributed by atoms with Gasteiger partial charge < -0.3 is 29.2 Å². The third-order valence-electron chi connectivity index (χ3n) is 6.66. The third-order valence-corrected chi connectivity index (χ3v) is 6.66. The van der Waals surface area contributed by atoms with Crippen molar-refractivity contribution in [3.63, 3.8) is 0 Å². The Morgan fingerprint density at radius 1 is 1.18 bits per heavy atom. The number of fused-ring (bicyclic) bond motifs is 1. The Morgan fingerprint density at radius 2 is 1.98 bits per heavy atom. The summed E-state index contributed by atoms with van der Waals surface area (Å²) in [6, 6.07) is 6.51. The number of carbonyl (C=O) groups is 1. The first-order chi connectivity index (χ1) is 21.5. The van der Waals surface area contributed by atoms with Crippen molar-refractivity contribution >= 4 is 12.2 Å². The molecule has 0 amide bonds. The maximum absolute atomic E-state index is 14.4. The number of H-pyrrole nitrogens is 1. The highest BCUT2D eigenvalue weighted by Crippen LogP contribution is 2.40. The average Bonchev–Trinajstić information content (AvgIpc) is 3.67. The minimum atomic E-state index is -4.79. The average molecular weight is 636 g/mol. The van der Waals surface area contributed by atoms with Gasteiger partial charge in [-0.25, -0.2) is 18.6 Å². The van der Waals surface area contributed by atoms with Gasteiger partial charge in [-0.15, -0.1) is 0 Å². The fraction of sp³-hybridized carbons (Fsp3) is 0.310. The van der Waals surface area contributed by atoms with E-state index in [0.717, 1.165) is 23.2 Å². The number of hydrazone groups is 1. The zero-order valence-electron chi connectivity index (χ0n) is 23.5. The molecule has 0 saturated carbocycles. The Kier molecular flexibility index (Phi) is 9.15. The lowest BCUT2D eigenvalue weighted by Gasteiger charge is -2.27. The van der Waals surface area contributed by atoms with Crippen LogP contribution in [0.4, 0.5) is 22.0 Å². The molecule has 0 radical (unpaired) electrons. The number of aliphatic hydroxyl groups is 2. The first-order valence-electron chi connectivity index (χ1n) is 13.6. The summed E-state index contributed by atoms with van der Waals surface area (Å²) in [7, 11) is 0. The minimum absolute atomic E-state index is 0.00971. The van der Waals surface area contributed by atoms with Crippen LogP contribution in [0.5, 0.6) is 5.75 Å². The van der Waals surface area contributed by atoms with Crippen LogP contribution in [0.25, 0.3) is 22.6 Å². The topological polar surface area (TPSA) is 146 Å². The predicted molar refractivity (Wildman–Crippen MR) is 147 cm³/mol. The van der Waals surface area contributed by atoms with E-state index in [9.17, 15) is 31.9 Å². The highest BCUT2D eigenvalue weighted by Gasteiger charge is 2.38. The number of benzene rings is 2. The summed E-state index contributed by atoms with van der Waals surface area (Å²) in [5.74, 6) is -3.52. The normalized spacial score (nSPS) is 14.3. The highest BCUT2D eigenvalue weighted by molar-refractivity contribution is 5.82. The fourth-order valence-corrected chi connectivity index (χ4v) is 4.48. The molecular formula is C29H26F5N5O6. The number of aliphatic hydroxyl groups excluding tert-OH is 2. The van der Waals surface area contributed by atoms with Crippen molar-refractivity contribution in [3.05, 3.63) is 76.8 Å². The Balaban J connectivity index is 1.48. The first kappa shape index (κ1) is 31.6. The molecule has 0 saturated heterocycles. The van der Waals surface area contributed by atoms with E-state index < -0.39 is 54.7 Å². The largest absolute Gasteiger partial charge is 0.494 e. The Morgan fingerprint density at radius 3 is 2.71 bits per heavy atom. The van der Waals surface area contributed by atoms with Crippen LogP contribution in [0.3, 0.4) is 0 Å². The maximum Gasteiger partial charge on any atom is 0.417 e. The zero-order valence-corrected chi connectivity index (χ0v) is 23.5. The van der Waals surface area contributed by atoms with Crippen LogP contribution >= 0.6 is 0 Å². The van der Waals surface area contributed by atoms with Crippen molar-refractivity contribution in [2.24, 2.45) is 5.10 Å². The monoisotopic (exact) mass is 635 g/mol. The van der Waals surface area contributed by atoms with Crippen LogP contribution in [-0.4, -0.2) is 68.5 Å². The van der Waals surface area contributed by atoms with Crippen molar-refractivity contribution in [1.82, 2.24) is 20.1 Å². The van der Waals surface area contributed by atoms with Gasteiger partial charge in [0, 0.05) is 11.6 Å². The molecule has 1 aliphatic rings. The van der Waals surface area contributed by atoms with E-state index in [-0.39, 0.29) is 53.0 Å². The molecule has 238 valence electrons. The van der Waals surface area contributed by atoms with E-state index in [1.54, 1.807) is 0 Å². The van der Waals surface area contributed by atoms with Gasteiger partial charge in [0.25, 0.3) is 0 Å². The number of aromatic nitrogens is 3. The number of carbonyl (C=O) groups excluding carboxylic acids is 1. The number of hydrogen-bond acceptors (Lipinski definition) is 10. The molecule has 3 heterocycles. The molecule has 0 aliphatic carbocycles.